The van der Waals surface area contributed by atoms with Gasteiger partial charge in [-0.3, -0.25) is 4.79 Å². The predicted octanol–water partition coefficient (Wildman–Crippen LogP) is 4.99. The highest BCUT2D eigenvalue weighted by atomic mass is 79.9. The smallest absolute Gasteiger partial charge is 0.408 e. The molecule has 0 bridgehead atoms. The van der Waals surface area contributed by atoms with E-state index in [1.807, 2.05) is 0 Å². The number of thioether (sulfide) groups is 1. The Morgan fingerprint density at radius 1 is 1.35 bits per heavy atom. The van der Waals surface area contributed by atoms with Crippen molar-refractivity contribution in [3.63, 3.8) is 0 Å². The van der Waals surface area contributed by atoms with Crippen LogP contribution in [0.2, 0.25) is 0 Å². The zero-order valence-electron chi connectivity index (χ0n) is 17.2. The first-order valence-corrected chi connectivity index (χ1v) is 11.3. The quantitative estimate of drug-likeness (QED) is 0.634. The van der Waals surface area contributed by atoms with Crippen LogP contribution in [0.1, 0.15) is 31.9 Å². The topological polar surface area (TPSA) is 82.4 Å². The van der Waals surface area contributed by atoms with Gasteiger partial charge in [-0.2, -0.15) is 5.26 Å². The molecule has 1 atom stereocenters. The fraction of sp³-hybridized carbons (Fsp3) is 0.318. The van der Waals surface area contributed by atoms with Gasteiger partial charge in [0.2, 0.25) is 0 Å². The molecular formula is C22H21BrFN3O3S. The van der Waals surface area contributed by atoms with Crippen LogP contribution in [-0.2, 0) is 16.1 Å². The van der Waals surface area contributed by atoms with Crippen LogP contribution < -0.4 is 10.2 Å². The number of carbonyl (C=O) groups is 2. The first-order valence-electron chi connectivity index (χ1n) is 9.49. The van der Waals surface area contributed by atoms with E-state index in [4.69, 9.17) is 10.00 Å². The summed E-state index contributed by atoms with van der Waals surface area (Å²) >= 11 is 4.48. The van der Waals surface area contributed by atoms with Gasteiger partial charge in [0.15, 0.2) is 0 Å². The number of benzene rings is 2. The van der Waals surface area contributed by atoms with Crippen LogP contribution in [0.4, 0.5) is 14.9 Å². The van der Waals surface area contributed by atoms with Gasteiger partial charge in [0.1, 0.15) is 17.5 Å². The van der Waals surface area contributed by atoms with E-state index in [2.05, 4.69) is 27.3 Å². The third-order valence-corrected chi connectivity index (χ3v) is 6.12. The molecule has 1 aliphatic rings. The van der Waals surface area contributed by atoms with Crippen LogP contribution in [0.15, 0.2) is 45.8 Å². The van der Waals surface area contributed by atoms with E-state index in [-0.39, 0.29) is 22.7 Å². The molecule has 1 aliphatic heterocycles. The molecule has 3 rings (SSSR count). The monoisotopic (exact) mass is 505 g/mol. The maximum absolute atomic E-state index is 14.2. The van der Waals surface area contributed by atoms with Gasteiger partial charge in [-0.1, -0.05) is 12.1 Å². The minimum Gasteiger partial charge on any atom is -0.444 e. The van der Waals surface area contributed by atoms with Gasteiger partial charge in [-0.05, 0) is 66.5 Å². The van der Waals surface area contributed by atoms with E-state index in [1.54, 1.807) is 51.1 Å². The maximum atomic E-state index is 14.2. The molecule has 0 aliphatic carbocycles. The largest absolute Gasteiger partial charge is 0.444 e. The Morgan fingerprint density at radius 2 is 2.03 bits per heavy atom. The summed E-state index contributed by atoms with van der Waals surface area (Å²) in [6.07, 6.45) is -0.692. The Kier molecular flexibility index (Phi) is 6.92. The number of anilines is 1. The lowest BCUT2D eigenvalue weighted by Crippen LogP contribution is -2.50. The minimum absolute atomic E-state index is 0.197. The van der Waals surface area contributed by atoms with Crippen molar-refractivity contribution in [2.45, 2.75) is 43.9 Å². The number of halogens is 2. The normalized spacial score (nSPS) is 16.2. The molecule has 0 aromatic heterocycles. The van der Waals surface area contributed by atoms with Crippen molar-refractivity contribution in [1.82, 2.24) is 5.32 Å². The zero-order valence-corrected chi connectivity index (χ0v) is 19.6. The Balaban J connectivity index is 1.94. The summed E-state index contributed by atoms with van der Waals surface area (Å²) in [5, 5.41) is 11.6. The lowest BCUT2D eigenvalue weighted by atomic mass is 10.1. The summed E-state index contributed by atoms with van der Waals surface area (Å²) in [7, 11) is 0. The molecule has 0 saturated carbocycles. The van der Waals surface area contributed by atoms with E-state index >= 15 is 0 Å². The summed E-state index contributed by atoms with van der Waals surface area (Å²) < 4.78 is 19.7. The number of alkyl carbamates (subject to hydrolysis) is 1. The summed E-state index contributed by atoms with van der Waals surface area (Å²) in [6, 6.07) is 11.0. The fourth-order valence-corrected chi connectivity index (χ4v) is 4.39. The van der Waals surface area contributed by atoms with E-state index in [0.29, 0.717) is 16.1 Å². The van der Waals surface area contributed by atoms with E-state index in [1.165, 1.54) is 22.7 Å². The van der Waals surface area contributed by atoms with Crippen molar-refractivity contribution in [2.24, 2.45) is 0 Å². The van der Waals surface area contributed by atoms with Crippen LogP contribution in [0.3, 0.4) is 0 Å². The highest BCUT2D eigenvalue weighted by molar-refractivity contribution is 9.10. The number of hydrogen-bond donors (Lipinski definition) is 1. The zero-order chi connectivity index (χ0) is 22.8. The molecule has 0 radical (unpaired) electrons. The van der Waals surface area contributed by atoms with Gasteiger partial charge >= 0.3 is 6.09 Å². The van der Waals surface area contributed by atoms with E-state index in [9.17, 15) is 14.0 Å². The van der Waals surface area contributed by atoms with Crippen LogP contribution in [0.5, 0.6) is 0 Å². The Labute approximate surface area is 192 Å². The molecule has 2 amide bonds. The Morgan fingerprint density at radius 3 is 2.65 bits per heavy atom. The minimum atomic E-state index is -0.854. The number of fused-ring (bicyclic) bond motifs is 1. The maximum Gasteiger partial charge on any atom is 0.408 e. The molecule has 1 N–H and O–H groups in total. The SMILES string of the molecule is CC(C)(C)OC(=O)N[C@H]1CSc2cc(F)c(Br)cc2N(Cc2ccc(C#N)cc2)C1=O. The van der Waals surface area contributed by atoms with Crippen molar-refractivity contribution < 1.29 is 18.7 Å². The number of nitrogens with one attached hydrogen (secondary N) is 1. The molecule has 0 saturated heterocycles. The van der Waals surface area contributed by atoms with Crippen molar-refractivity contribution in [2.75, 3.05) is 10.7 Å². The molecule has 0 fully saturated rings. The molecule has 2 aromatic rings. The van der Waals surface area contributed by atoms with Gasteiger partial charge in [0, 0.05) is 10.6 Å². The average molecular weight is 506 g/mol. The summed E-state index contributed by atoms with van der Waals surface area (Å²) in [4.78, 5) is 27.8. The van der Waals surface area contributed by atoms with Gasteiger partial charge < -0.3 is 15.0 Å². The van der Waals surface area contributed by atoms with Gasteiger partial charge in [-0.25, -0.2) is 9.18 Å². The number of hydrogen-bond acceptors (Lipinski definition) is 5. The summed E-state index contributed by atoms with van der Waals surface area (Å²) in [5.41, 5.74) is 1.14. The summed E-state index contributed by atoms with van der Waals surface area (Å²) in [6.45, 7) is 5.42. The van der Waals surface area contributed by atoms with Crippen molar-refractivity contribution in [3.8, 4) is 6.07 Å². The second-order valence-electron chi connectivity index (χ2n) is 7.98. The van der Waals surface area contributed by atoms with Gasteiger partial charge in [0.05, 0.1) is 28.3 Å². The molecule has 0 unspecified atom stereocenters. The Bertz CT molecular complexity index is 1050. The van der Waals surface area contributed by atoms with Crippen molar-refractivity contribution in [1.29, 1.82) is 5.26 Å². The standard InChI is InChI=1S/C22H21BrFN3O3S/c1-22(2,3)30-21(29)26-17-12-31-19-9-16(24)15(23)8-18(19)27(20(17)28)11-14-6-4-13(10-25)5-7-14/h4-9,17H,11-12H2,1-3H3,(H,26,29)/t17-/m0/s1. The Hall–Kier alpha value is -2.57. The molecular weight excluding hydrogens is 485 g/mol. The fourth-order valence-electron chi connectivity index (χ4n) is 2.98. The van der Waals surface area contributed by atoms with Gasteiger partial charge in [0.25, 0.3) is 5.91 Å². The predicted molar refractivity (Wildman–Crippen MR) is 120 cm³/mol. The first kappa shape index (κ1) is 23.1. The van der Waals surface area contributed by atoms with E-state index < -0.39 is 23.6 Å². The number of carbonyl (C=O) groups excluding carboxylic acids is 2. The highest BCUT2D eigenvalue weighted by Gasteiger charge is 2.33. The molecule has 0 spiro atoms. The van der Waals surface area contributed by atoms with Crippen molar-refractivity contribution >= 4 is 45.4 Å². The number of amides is 2. The second kappa shape index (κ2) is 9.28. The number of rotatable bonds is 3. The van der Waals surface area contributed by atoms with Crippen LogP contribution in [-0.4, -0.2) is 29.4 Å². The molecule has 2 aromatic carbocycles. The third kappa shape index (κ3) is 5.77. The van der Waals surface area contributed by atoms with Crippen LogP contribution in [0.25, 0.3) is 0 Å². The summed E-state index contributed by atoms with van der Waals surface area (Å²) in [5.74, 6) is -0.536. The van der Waals surface area contributed by atoms with Crippen molar-refractivity contribution in [3.05, 3.63) is 57.8 Å². The molecule has 6 nitrogen and oxygen atoms in total. The molecule has 9 heteroatoms. The lowest BCUT2D eigenvalue weighted by molar-refractivity contribution is -0.120. The second-order valence-corrected chi connectivity index (χ2v) is 9.89. The van der Waals surface area contributed by atoms with Crippen LogP contribution >= 0.6 is 27.7 Å². The lowest BCUT2D eigenvalue weighted by Gasteiger charge is -2.27. The molecule has 31 heavy (non-hydrogen) atoms. The van der Waals surface area contributed by atoms with Gasteiger partial charge in [-0.15, -0.1) is 11.8 Å². The first-order chi connectivity index (χ1) is 14.6. The number of nitrogens with zero attached hydrogens (tertiary/aromatic N) is 2. The highest BCUT2D eigenvalue weighted by Crippen LogP contribution is 2.38. The van der Waals surface area contributed by atoms with Crippen LogP contribution in [0, 0.1) is 17.1 Å². The average Bonchev–Trinajstić information content (AvgIpc) is 2.80. The third-order valence-electron chi connectivity index (χ3n) is 4.38. The molecule has 162 valence electrons. The van der Waals surface area contributed by atoms with E-state index in [0.717, 1.165) is 5.56 Å². The molecule has 1 heterocycles. The number of ether oxygens (including phenoxy) is 1. The number of nitriles is 1.